The molecule has 0 spiro atoms. The summed E-state index contributed by atoms with van der Waals surface area (Å²) < 4.78 is 55.7. The second kappa shape index (κ2) is 6.52. The Balaban J connectivity index is 1.75. The first-order valence-electron chi connectivity index (χ1n) is 7.06. The fraction of sp³-hybridized carbons (Fsp3) is 0.118. The number of rotatable bonds is 5. The monoisotopic (exact) mass is 349 g/mol. The zero-order valence-corrected chi connectivity index (χ0v) is 13.3. The Bertz CT molecular complexity index is 950. The summed E-state index contributed by atoms with van der Waals surface area (Å²) in [5.41, 5.74) is 1.16. The molecule has 0 radical (unpaired) electrons. The van der Waals surface area contributed by atoms with Crippen LogP contribution in [-0.4, -0.2) is 13.4 Å². The van der Waals surface area contributed by atoms with Crippen molar-refractivity contribution >= 4 is 9.84 Å². The van der Waals surface area contributed by atoms with E-state index in [2.05, 4.69) is 4.98 Å². The van der Waals surface area contributed by atoms with Gasteiger partial charge in [-0.05, 0) is 42.0 Å². The standard InChI is InChI=1S/C17H13F2NO3S/c18-14-6-4-13(5-7-14)17-20-16(9-23-17)11-24(21,22)10-12-2-1-3-15(19)8-12/h1-9H,10-11H2. The van der Waals surface area contributed by atoms with Gasteiger partial charge in [0.05, 0.1) is 17.2 Å². The molecule has 0 aliphatic carbocycles. The van der Waals surface area contributed by atoms with Crippen molar-refractivity contribution in [3.05, 3.63) is 77.7 Å². The number of benzene rings is 2. The van der Waals surface area contributed by atoms with Crippen LogP contribution in [-0.2, 0) is 21.3 Å². The number of halogens is 2. The van der Waals surface area contributed by atoms with E-state index in [4.69, 9.17) is 4.42 Å². The van der Waals surface area contributed by atoms with Gasteiger partial charge in [0.2, 0.25) is 5.89 Å². The van der Waals surface area contributed by atoms with Gasteiger partial charge in [-0.25, -0.2) is 22.2 Å². The quantitative estimate of drug-likeness (QED) is 0.704. The van der Waals surface area contributed by atoms with E-state index < -0.39 is 15.7 Å². The third-order valence-electron chi connectivity index (χ3n) is 3.29. The molecule has 0 saturated carbocycles. The zero-order valence-electron chi connectivity index (χ0n) is 12.4. The molecule has 124 valence electrons. The maximum Gasteiger partial charge on any atom is 0.226 e. The number of oxazole rings is 1. The van der Waals surface area contributed by atoms with Gasteiger partial charge in [-0.3, -0.25) is 0 Å². The highest BCUT2D eigenvalue weighted by Gasteiger charge is 2.17. The molecule has 0 aliphatic heterocycles. The molecule has 0 aliphatic rings. The summed E-state index contributed by atoms with van der Waals surface area (Å²) in [5, 5.41) is 0. The molecule has 0 unspecified atom stereocenters. The minimum absolute atomic E-state index is 0.214. The Morgan fingerprint density at radius 3 is 2.42 bits per heavy atom. The van der Waals surface area contributed by atoms with E-state index >= 15 is 0 Å². The first-order chi connectivity index (χ1) is 11.4. The number of hydrogen-bond acceptors (Lipinski definition) is 4. The molecular weight excluding hydrogens is 336 g/mol. The van der Waals surface area contributed by atoms with Crippen LogP contribution in [0, 0.1) is 11.6 Å². The molecule has 0 N–H and O–H groups in total. The van der Waals surface area contributed by atoms with Crippen LogP contribution in [0.4, 0.5) is 8.78 Å². The van der Waals surface area contributed by atoms with Crippen LogP contribution in [0.1, 0.15) is 11.3 Å². The van der Waals surface area contributed by atoms with Crippen molar-refractivity contribution in [1.82, 2.24) is 4.98 Å². The average Bonchev–Trinajstić information content (AvgIpc) is 2.95. The third-order valence-corrected chi connectivity index (χ3v) is 4.80. The molecule has 0 fully saturated rings. The van der Waals surface area contributed by atoms with Crippen LogP contribution >= 0.6 is 0 Å². The van der Waals surface area contributed by atoms with E-state index in [-0.39, 0.29) is 28.9 Å². The van der Waals surface area contributed by atoms with Crippen molar-refractivity contribution in [3.8, 4) is 11.5 Å². The van der Waals surface area contributed by atoms with Crippen LogP contribution in [0.15, 0.2) is 59.2 Å². The lowest BCUT2D eigenvalue weighted by atomic mass is 10.2. The first kappa shape index (κ1) is 16.3. The minimum Gasteiger partial charge on any atom is -0.444 e. The number of aromatic nitrogens is 1. The van der Waals surface area contributed by atoms with Crippen molar-refractivity contribution < 1.29 is 21.6 Å². The van der Waals surface area contributed by atoms with Gasteiger partial charge >= 0.3 is 0 Å². The summed E-state index contributed by atoms with van der Waals surface area (Å²) >= 11 is 0. The van der Waals surface area contributed by atoms with Gasteiger partial charge in [-0.2, -0.15) is 0 Å². The van der Waals surface area contributed by atoms with E-state index in [0.717, 1.165) is 0 Å². The molecule has 3 aromatic rings. The number of hydrogen-bond donors (Lipinski definition) is 0. The highest BCUT2D eigenvalue weighted by molar-refractivity contribution is 7.89. The molecule has 1 aromatic heterocycles. The molecule has 1 heterocycles. The summed E-state index contributed by atoms with van der Waals surface area (Å²) in [6.45, 7) is 0. The molecular formula is C17H13F2NO3S. The second-order valence-electron chi connectivity index (χ2n) is 5.31. The fourth-order valence-corrected chi connectivity index (χ4v) is 3.63. The maximum absolute atomic E-state index is 13.1. The molecule has 24 heavy (non-hydrogen) atoms. The van der Waals surface area contributed by atoms with Crippen LogP contribution in [0.3, 0.4) is 0 Å². The lowest BCUT2D eigenvalue weighted by Crippen LogP contribution is -2.08. The van der Waals surface area contributed by atoms with Crippen LogP contribution in [0.5, 0.6) is 0 Å². The normalized spacial score (nSPS) is 11.6. The van der Waals surface area contributed by atoms with Crippen molar-refractivity contribution in [2.45, 2.75) is 11.5 Å². The van der Waals surface area contributed by atoms with Crippen molar-refractivity contribution in [2.24, 2.45) is 0 Å². The highest BCUT2D eigenvalue weighted by Crippen LogP contribution is 2.20. The summed E-state index contributed by atoms with van der Waals surface area (Å²) in [6, 6.07) is 11.0. The summed E-state index contributed by atoms with van der Waals surface area (Å²) in [7, 11) is -3.53. The third kappa shape index (κ3) is 4.05. The zero-order chi connectivity index (χ0) is 17.2. The highest BCUT2D eigenvalue weighted by atomic mass is 32.2. The molecule has 3 rings (SSSR count). The van der Waals surface area contributed by atoms with Gasteiger partial charge in [0.25, 0.3) is 0 Å². The summed E-state index contributed by atoms with van der Waals surface area (Å²) in [6.07, 6.45) is 1.25. The number of sulfone groups is 1. The minimum atomic E-state index is -3.53. The molecule has 0 saturated heterocycles. The van der Waals surface area contributed by atoms with Crippen molar-refractivity contribution in [3.63, 3.8) is 0 Å². The van der Waals surface area contributed by atoms with E-state index in [0.29, 0.717) is 11.1 Å². The fourth-order valence-electron chi connectivity index (χ4n) is 2.26. The summed E-state index contributed by atoms with van der Waals surface area (Å²) in [4.78, 5) is 4.11. The Labute approximate surface area is 137 Å². The Kier molecular flexibility index (Phi) is 4.44. The smallest absolute Gasteiger partial charge is 0.226 e. The lowest BCUT2D eigenvalue weighted by molar-refractivity contribution is 0.571. The molecule has 4 nitrogen and oxygen atoms in total. The topological polar surface area (TPSA) is 60.2 Å². The molecule has 0 amide bonds. The van der Waals surface area contributed by atoms with Gasteiger partial charge in [-0.1, -0.05) is 12.1 Å². The van der Waals surface area contributed by atoms with Crippen molar-refractivity contribution in [2.75, 3.05) is 0 Å². The lowest BCUT2D eigenvalue weighted by Gasteiger charge is -2.02. The Hall–Kier alpha value is -2.54. The molecule has 2 aromatic carbocycles. The van der Waals surface area contributed by atoms with Gasteiger partial charge in [0, 0.05) is 5.56 Å². The van der Waals surface area contributed by atoms with Gasteiger partial charge in [0.1, 0.15) is 17.9 Å². The van der Waals surface area contributed by atoms with Crippen LogP contribution in [0.2, 0.25) is 0 Å². The van der Waals surface area contributed by atoms with E-state index in [1.807, 2.05) is 0 Å². The maximum atomic E-state index is 13.1. The van der Waals surface area contributed by atoms with Gasteiger partial charge in [0.15, 0.2) is 9.84 Å². The van der Waals surface area contributed by atoms with Gasteiger partial charge < -0.3 is 4.42 Å². The number of nitrogens with zero attached hydrogens (tertiary/aromatic N) is 1. The van der Waals surface area contributed by atoms with Crippen LogP contribution in [0.25, 0.3) is 11.5 Å². The molecule has 0 bridgehead atoms. The molecule has 0 atom stereocenters. The average molecular weight is 349 g/mol. The van der Waals surface area contributed by atoms with E-state index in [1.165, 1.54) is 48.7 Å². The summed E-state index contributed by atoms with van der Waals surface area (Å²) in [5.74, 6) is -1.27. The van der Waals surface area contributed by atoms with Crippen molar-refractivity contribution in [1.29, 1.82) is 0 Å². The van der Waals surface area contributed by atoms with Gasteiger partial charge in [-0.15, -0.1) is 0 Å². The predicted molar refractivity (Wildman–Crippen MR) is 84.6 cm³/mol. The predicted octanol–water partition coefficient (Wildman–Crippen LogP) is 3.73. The molecule has 7 heteroatoms. The largest absolute Gasteiger partial charge is 0.444 e. The Morgan fingerprint density at radius 1 is 0.958 bits per heavy atom. The Morgan fingerprint density at radius 2 is 1.71 bits per heavy atom. The second-order valence-corrected chi connectivity index (χ2v) is 7.38. The van der Waals surface area contributed by atoms with E-state index in [9.17, 15) is 17.2 Å². The first-order valence-corrected chi connectivity index (χ1v) is 8.89. The SMILES string of the molecule is O=S(=O)(Cc1cccc(F)c1)Cc1coc(-c2ccc(F)cc2)n1. The van der Waals surface area contributed by atoms with Crippen LogP contribution < -0.4 is 0 Å². The van der Waals surface area contributed by atoms with E-state index in [1.54, 1.807) is 6.07 Å².